The Morgan fingerprint density at radius 3 is 2.46 bits per heavy atom. The monoisotopic (exact) mass is 452 g/mol. The van der Waals surface area contributed by atoms with Crippen LogP contribution in [0.15, 0.2) is 33.5 Å². The number of halogens is 3. The second kappa shape index (κ2) is 6.62. The molecule has 1 N–H and O–H groups in total. The summed E-state index contributed by atoms with van der Waals surface area (Å²) in [6, 6.07) is 6.86. The molecule has 0 aliphatic heterocycles. The number of aromatic amines is 1. The van der Waals surface area contributed by atoms with Crippen LogP contribution >= 0.6 is 15.9 Å². The third-order valence-corrected chi connectivity index (χ3v) is 5.17. The highest BCUT2D eigenvalue weighted by Gasteiger charge is 2.18. The maximum Gasteiger partial charge on any atom is 0.387 e. The van der Waals surface area contributed by atoms with Crippen LogP contribution in [0.2, 0.25) is 0 Å². The number of alkyl halides is 2. The van der Waals surface area contributed by atoms with Gasteiger partial charge < -0.3 is 14.5 Å². The van der Waals surface area contributed by atoms with Gasteiger partial charge >= 0.3 is 12.3 Å². The first-order chi connectivity index (χ1) is 13.3. The number of H-pyrrole nitrogens is 1. The van der Waals surface area contributed by atoms with Crippen molar-refractivity contribution in [2.24, 2.45) is 14.1 Å². The highest BCUT2D eigenvalue weighted by Crippen LogP contribution is 2.40. The van der Waals surface area contributed by atoms with E-state index in [1.54, 1.807) is 35.4 Å². The lowest BCUT2D eigenvalue weighted by molar-refractivity contribution is -0.0517. The number of imidazole rings is 2. The zero-order chi connectivity index (χ0) is 20.2. The molecule has 0 saturated heterocycles. The molecule has 0 fully saturated rings. The molecule has 0 amide bonds. The molecule has 4 rings (SSSR count). The number of benzene rings is 2. The van der Waals surface area contributed by atoms with Crippen molar-refractivity contribution in [2.45, 2.75) is 6.61 Å². The summed E-state index contributed by atoms with van der Waals surface area (Å²) >= 11 is 3.24. The number of hydrogen-bond donors (Lipinski definition) is 1. The number of aromatic nitrogens is 4. The van der Waals surface area contributed by atoms with Crippen molar-refractivity contribution < 1.29 is 18.3 Å². The molecule has 0 radical (unpaired) electrons. The van der Waals surface area contributed by atoms with Crippen LogP contribution in [0, 0.1) is 0 Å². The molecular formula is C18H15BrF2N4O3. The van der Waals surface area contributed by atoms with E-state index in [1.807, 2.05) is 12.1 Å². The van der Waals surface area contributed by atoms with E-state index in [2.05, 4.69) is 30.6 Å². The van der Waals surface area contributed by atoms with Gasteiger partial charge in [0.25, 0.3) is 0 Å². The minimum atomic E-state index is -2.97. The molecule has 0 unspecified atom stereocenters. The van der Waals surface area contributed by atoms with E-state index in [9.17, 15) is 13.6 Å². The fourth-order valence-corrected chi connectivity index (χ4v) is 3.73. The van der Waals surface area contributed by atoms with Gasteiger partial charge in [0.05, 0.1) is 33.6 Å². The Hall–Kier alpha value is -2.88. The Labute approximate surface area is 165 Å². The number of rotatable bonds is 4. The molecule has 2 aromatic heterocycles. The molecule has 0 bridgehead atoms. The first-order valence-electron chi connectivity index (χ1n) is 8.18. The molecule has 2 aromatic carbocycles. The Balaban J connectivity index is 1.87. The maximum absolute atomic E-state index is 12.6. The molecule has 28 heavy (non-hydrogen) atoms. The Kier molecular flexibility index (Phi) is 4.37. The first-order valence-corrected chi connectivity index (χ1v) is 8.97. The van der Waals surface area contributed by atoms with Crippen molar-refractivity contribution in [1.29, 1.82) is 0 Å². The molecule has 7 nitrogen and oxygen atoms in total. The lowest BCUT2D eigenvalue weighted by Gasteiger charge is -2.12. The molecule has 0 aliphatic rings. The zero-order valence-corrected chi connectivity index (χ0v) is 16.7. The van der Waals surface area contributed by atoms with Gasteiger partial charge in [0.2, 0.25) is 0 Å². The smallest absolute Gasteiger partial charge is 0.387 e. The van der Waals surface area contributed by atoms with Crippen LogP contribution in [-0.2, 0) is 14.1 Å². The van der Waals surface area contributed by atoms with Crippen molar-refractivity contribution in [2.75, 3.05) is 7.11 Å². The van der Waals surface area contributed by atoms with Crippen molar-refractivity contribution in [3.8, 4) is 22.9 Å². The average molecular weight is 453 g/mol. The number of hydrogen-bond acceptors (Lipinski definition) is 4. The van der Waals surface area contributed by atoms with E-state index in [0.717, 1.165) is 16.6 Å². The van der Waals surface area contributed by atoms with Crippen LogP contribution in [-0.4, -0.2) is 32.8 Å². The molecule has 0 atom stereocenters. The van der Waals surface area contributed by atoms with Crippen LogP contribution in [0.1, 0.15) is 0 Å². The van der Waals surface area contributed by atoms with Crippen molar-refractivity contribution in [3.05, 3.63) is 39.2 Å². The van der Waals surface area contributed by atoms with Crippen molar-refractivity contribution in [1.82, 2.24) is 19.1 Å². The van der Waals surface area contributed by atoms with E-state index in [1.165, 1.54) is 7.11 Å². The summed E-state index contributed by atoms with van der Waals surface area (Å²) in [5.41, 5.74) is 3.45. The number of methoxy groups -OCH3 is 1. The van der Waals surface area contributed by atoms with Crippen LogP contribution in [0.4, 0.5) is 8.78 Å². The third kappa shape index (κ3) is 2.84. The van der Waals surface area contributed by atoms with Gasteiger partial charge in [-0.15, -0.1) is 0 Å². The lowest BCUT2D eigenvalue weighted by Crippen LogP contribution is -2.19. The minimum Gasteiger partial charge on any atom is -0.493 e. The molecule has 0 saturated carbocycles. The summed E-state index contributed by atoms with van der Waals surface area (Å²) in [5.74, 6) is 0.591. The molecule has 4 aromatic rings. The predicted molar refractivity (Wildman–Crippen MR) is 104 cm³/mol. The SMILES string of the molecule is COc1cc(-c2nc3cc4c(cc3[nH]2)n(C)c(=O)n4C)cc(Br)c1OC(F)F. The molecule has 10 heteroatoms. The normalized spacial score (nSPS) is 11.7. The van der Waals surface area contributed by atoms with E-state index in [4.69, 9.17) is 4.74 Å². The molecule has 2 heterocycles. The molecular weight excluding hydrogens is 438 g/mol. The van der Waals surface area contributed by atoms with Gasteiger partial charge in [-0.2, -0.15) is 8.78 Å². The molecule has 0 aliphatic carbocycles. The number of aryl methyl sites for hydroxylation is 2. The van der Waals surface area contributed by atoms with Gasteiger partial charge in [0.1, 0.15) is 5.82 Å². The van der Waals surface area contributed by atoms with Gasteiger partial charge in [-0.1, -0.05) is 0 Å². The fourth-order valence-electron chi connectivity index (χ4n) is 3.20. The summed E-state index contributed by atoms with van der Waals surface area (Å²) in [7, 11) is 4.78. The number of nitrogens with zero attached hydrogens (tertiary/aromatic N) is 3. The number of ether oxygens (including phenoxy) is 2. The standard InChI is InChI=1S/C18H15BrF2N4O3/c1-24-12-6-10-11(7-13(12)25(2)18(24)26)23-16(22-10)8-4-9(19)15(28-17(20)21)14(5-8)27-3/h4-7,17H,1-3H3,(H,22,23). The topological polar surface area (TPSA) is 74.1 Å². The van der Waals surface area contributed by atoms with Gasteiger partial charge in [0.15, 0.2) is 11.5 Å². The summed E-state index contributed by atoms with van der Waals surface area (Å²) in [4.78, 5) is 19.9. The number of nitrogens with one attached hydrogen (secondary N) is 1. The van der Waals surface area contributed by atoms with Crippen LogP contribution in [0.5, 0.6) is 11.5 Å². The lowest BCUT2D eigenvalue weighted by atomic mass is 10.2. The Morgan fingerprint density at radius 1 is 1.14 bits per heavy atom. The van der Waals surface area contributed by atoms with Crippen LogP contribution in [0.25, 0.3) is 33.5 Å². The van der Waals surface area contributed by atoms with Crippen LogP contribution in [0.3, 0.4) is 0 Å². The van der Waals surface area contributed by atoms with Crippen molar-refractivity contribution >= 4 is 38.0 Å². The quantitative estimate of drug-likeness (QED) is 0.511. The van der Waals surface area contributed by atoms with Gasteiger partial charge in [-0.3, -0.25) is 9.13 Å². The average Bonchev–Trinajstić information content (AvgIpc) is 3.16. The Morgan fingerprint density at radius 2 is 1.82 bits per heavy atom. The minimum absolute atomic E-state index is 0.0851. The second-order valence-corrected chi connectivity index (χ2v) is 7.07. The summed E-state index contributed by atoms with van der Waals surface area (Å²) in [6.07, 6.45) is 0. The van der Waals surface area contributed by atoms with E-state index < -0.39 is 6.61 Å². The van der Waals surface area contributed by atoms with E-state index in [0.29, 0.717) is 21.4 Å². The largest absolute Gasteiger partial charge is 0.493 e. The summed E-state index contributed by atoms with van der Waals surface area (Å²) in [6.45, 7) is -2.97. The number of fused-ring (bicyclic) bond motifs is 2. The highest BCUT2D eigenvalue weighted by molar-refractivity contribution is 9.10. The second-order valence-electron chi connectivity index (χ2n) is 6.21. The first kappa shape index (κ1) is 18.5. The predicted octanol–water partition coefficient (Wildman–Crippen LogP) is 3.79. The maximum atomic E-state index is 12.6. The Bertz CT molecular complexity index is 1220. The van der Waals surface area contributed by atoms with Gasteiger partial charge in [-0.05, 0) is 40.2 Å². The van der Waals surface area contributed by atoms with Gasteiger partial charge in [-0.25, -0.2) is 9.78 Å². The van der Waals surface area contributed by atoms with Crippen LogP contribution < -0.4 is 15.2 Å². The molecule has 0 spiro atoms. The molecule has 146 valence electrons. The highest BCUT2D eigenvalue weighted by atomic mass is 79.9. The summed E-state index contributed by atoms with van der Waals surface area (Å²) < 4.78 is 38.4. The van der Waals surface area contributed by atoms with Crippen molar-refractivity contribution in [3.63, 3.8) is 0 Å². The van der Waals surface area contributed by atoms with E-state index >= 15 is 0 Å². The third-order valence-electron chi connectivity index (χ3n) is 4.58. The fraction of sp³-hybridized carbons (Fsp3) is 0.222. The summed E-state index contributed by atoms with van der Waals surface area (Å²) in [5, 5.41) is 0. The zero-order valence-electron chi connectivity index (χ0n) is 15.1. The van der Waals surface area contributed by atoms with Gasteiger partial charge in [0, 0.05) is 19.7 Å². The van der Waals surface area contributed by atoms with E-state index in [-0.39, 0.29) is 17.2 Å².